The molecule has 1 aromatic heterocycles. The van der Waals surface area contributed by atoms with Crippen molar-refractivity contribution in [2.24, 2.45) is 0 Å². The number of nitrogens with one attached hydrogen (secondary N) is 1. The summed E-state index contributed by atoms with van der Waals surface area (Å²) in [5.74, 6) is -0.106. The van der Waals surface area contributed by atoms with Crippen molar-refractivity contribution in [1.29, 1.82) is 0 Å². The number of amides is 1. The molecule has 0 radical (unpaired) electrons. The van der Waals surface area contributed by atoms with Crippen LogP contribution in [0.4, 0.5) is 0 Å². The Bertz CT molecular complexity index is 915. The van der Waals surface area contributed by atoms with Crippen LogP contribution in [-0.4, -0.2) is 28.5 Å². The van der Waals surface area contributed by atoms with Crippen molar-refractivity contribution >= 4 is 17.5 Å². The predicted molar refractivity (Wildman–Crippen MR) is 107 cm³/mol. The lowest BCUT2D eigenvalue weighted by Gasteiger charge is -2.13. The Morgan fingerprint density at radius 2 is 1.48 bits per heavy atom. The minimum absolute atomic E-state index is 0.0305. The molecular formula is C21H20ClN3O2. The van der Waals surface area contributed by atoms with E-state index >= 15 is 0 Å². The lowest BCUT2D eigenvalue weighted by molar-refractivity contribution is -0.123. The standard InChI is InChI=1S/C21H20ClN3O2/c1-14(2)23-17(26)13-27-21-20(22)24-18(15-9-5-3-6-10-15)19(25-21)16-11-7-4-8-12-16/h3-12,14H,13H2,1-2H3,(H,23,26). The predicted octanol–water partition coefficient (Wildman–Crippen LogP) is 4.37. The fourth-order valence-corrected chi connectivity index (χ4v) is 2.76. The lowest BCUT2D eigenvalue weighted by Crippen LogP contribution is -2.34. The first kappa shape index (κ1) is 18.9. The molecule has 0 fully saturated rings. The number of rotatable bonds is 6. The van der Waals surface area contributed by atoms with Crippen LogP contribution in [-0.2, 0) is 4.79 Å². The van der Waals surface area contributed by atoms with Crippen LogP contribution in [0, 0.1) is 0 Å². The highest BCUT2D eigenvalue weighted by atomic mass is 35.5. The molecule has 5 nitrogen and oxygen atoms in total. The summed E-state index contributed by atoms with van der Waals surface area (Å²) in [6.45, 7) is 3.59. The zero-order valence-electron chi connectivity index (χ0n) is 15.1. The number of hydrogen-bond donors (Lipinski definition) is 1. The fourth-order valence-electron chi connectivity index (χ4n) is 2.58. The average molecular weight is 382 g/mol. The summed E-state index contributed by atoms with van der Waals surface area (Å²) in [7, 11) is 0. The van der Waals surface area contributed by atoms with Gasteiger partial charge >= 0.3 is 0 Å². The Hall–Kier alpha value is -2.92. The van der Waals surface area contributed by atoms with Gasteiger partial charge in [0.25, 0.3) is 11.8 Å². The highest BCUT2D eigenvalue weighted by Crippen LogP contribution is 2.33. The zero-order chi connectivity index (χ0) is 19.2. The molecule has 6 heteroatoms. The summed E-state index contributed by atoms with van der Waals surface area (Å²) >= 11 is 6.30. The van der Waals surface area contributed by atoms with E-state index < -0.39 is 0 Å². The van der Waals surface area contributed by atoms with Gasteiger partial charge in [-0.2, -0.15) is 0 Å². The molecule has 0 aliphatic carbocycles. The lowest BCUT2D eigenvalue weighted by atomic mass is 10.0. The Balaban J connectivity index is 1.99. The van der Waals surface area contributed by atoms with Gasteiger partial charge in [-0.25, -0.2) is 9.97 Å². The third-order valence-electron chi connectivity index (χ3n) is 3.71. The second-order valence-corrected chi connectivity index (χ2v) is 6.62. The van der Waals surface area contributed by atoms with Gasteiger partial charge in [0, 0.05) is 17.2 Å². The van der Waals surface area contributed by atoms with Gasteiger partial charge in [-0.05, 0) is 13.8 Å². The number of nitrogens with zero attached hydrogens (tertiary/aromatic N) is 2. The molecule has 0 bridgehead atoms. The zero-order valence-corrected chi connectivity index (χ0v) is 15.9. The SMILES string of the molecule is CC(C)NC(=O)COc1nc(-c2ccccc2)c(-c2ccccc2)nc1Cl. The Morgan fingerprint density at radius 3 is 2.00 bits per heavy atom. The summed E-state index contributed by atoms with van der Waals surface area (Å²) < 4.78 is 5.53. The maximum Gasteiger partial charge on any atom is 0.258 e. The van der Waals surface area contributed by atoms with E-state index in [2.05, 4.69) is 15.3 Å². The van der Waals surface area contributed by atoms with Crippen molar-refractivity contribution in [3.63, 3.8) is 0 Å². The number of benzene rings is 2. The van der Waals surface area contributed by atoms with Gasteiger partial charge in [-0.3, -0.25) is 4.79 Å². The molecule has 0 saturated carbocycles. The minimum atomic E-state index is -0.240. The van der Waals surface area contributed by atoms with Gasteiger partial charge < -0.3 is 10.1 Å². The number of carbonyl (C=O) groups is 1. The van der Waals surface area contributed by atoms with Gasteiger partial charge in [0.05, 0.1) is 5.69 Å². The maximum atomic E-state index is 11.9. The van der Waals surface area contributed by atoms with E-state index in [0.29, 0.717) is 11.4 Å². The summed E-state index contributed by atoms with van der Waals surface area (Å²) in [6.07, 6.45) is 0. The van der Waals surface area contributed by atoms with Gasteiger partial charge in [0.1, 0.15) is 5.69 Å². The van der Waals surface area contributed by atoms with E-state index in [1.807, 2.05) is 74.5 Å². The number of halogens is 1. The van der Waals surface area contributed by atoms with Crippen LogP contribution >= 0.6 is 11.6 Å². The van der Waals surface area contributed by atoms with E-state index in [-0.39, 0.29) is 29.6 Å². The third kappa shape index (κ3) is 4.83. The molecule has 138 valence electrons. The van der Waals surface area contributed by atoms with Crippen molar-refractivity contribution in [3.8, 4) is 28.4 Å². The first-order chi connectivity index (χ1) is 13.0. The van der Waals surface area contributed by atoms with Crippen molar-refractivity contribution in [2.75, 3.05) is 6.61 Å². The fraction of sp³-hybridized carbons (Fsp3) is 0.190. The smallest absolute Gasteiger partial charge is 0.258 e. The molecule has 0 spiro atoms. The second kappa shape index (κ2) is 8.64. The molecule has 1 N–H and O–H groups in total. The molecule has 2 aromatic carbocycles. The molecule has 1 heterocycles. The Morgan fingerprint density at radius 1 is 0.963 bits per heavy atom. The largest absolute Gasteiger partial charge is 0.465 e. The van der Waals surface area contributed by atoms with E-state index in [0.717, 1.165) is 11.1 Å². The van der Waals surface area contributed by atoms with Crippen LogP contribution in [0.1, 0.15) is 13.8 Å². The molecule has 1 amide bonds. The van der Waals surface area contributed by atoms with Crippen LogP contribution in [0.2, 0.25) is 5.15 Å². The van der Waals surface area contributed by atoms with Gasteiger partial charge in [-0.1, -0.05) is 72.3 Å². The monoisotopic (exact) mass is 381 g/mol. The van der Waals surface area contributed by atoms with E-state index in [1.165, 1.54) is 0 Å². The van der Waals surface area contributed by atoms with Crippen molar-refractivity contribution in [3.05, 3.63) is 65.8 Å². The first-order valence-corrected chi connectivity index (χ1v) is 9.03. The summed E-state index contributed by atoms with van der Waals surface area (Å²) in [5.41, 5.74) is 3.09. The van der Waals surface area contributed by atoms with Crippen LogP contribution in [0.5, 0.6) is 5.88 Å². The van der Waals surface area contributed by atoms with Gasteiger partial charge in [-0.15, -0.1) is 0 Å². The Labute approximate surface area is 163 Å². The Kier molecular flexibility index (Phi) is 6.04. The van der Waals surface area contributed by atoms with Crippen LogP contribution in [0.15, 0.2) is 60.7 Å². The number of hydrogen-bond acceptors (Lipinski definition) is 4. The van der Waals surface area contributed by atoms with E-state index in [9.17, 15) is 4.79 Å². The molecule has 27 heavy (non-hydrogen) atoms. The van der Waals surface area contributed by atoms with Crippen molar-refractivity contribution in [1.82, 2.24) is 15.3 Å². The van der Waals surface area contributed by atoms with Gasteiger partial charge in [0.2, 0.25) is 0 Å². The van der Waals surface area contributed by atoms with Crippen LogP contribution < -0.4 is 10.1 Å². The third-order valence-corrected chi connectivity index (χ3v) is 3.95. The molecular weight excluding hydrogens is 362 g/mol. The molecule has 0 saturated heterocycles. The summed E-state index contributed by atoms with van der Waals surface area (Å²) in [4.78, 5) is 20.9. The van der Waals surface area contributed by atoms with Crippen LogP contribution in [0.25, 0.3) is 22.5 Å². The summed E-state index contributed by atoms with van der Waals surface area (Å²) in [6, 6.07) is 19.4. The minimum Gasteiger partial charge on any atom is -0.465 e. The highest BCUT2D eigenvalue weighted by Gasteiger charge is 2.17. The number of aromatic nitrogens is 2. The number of ether oxygens (including phenoxy) is 1. The molecule has 0 aliphatic heterocycles. The molecule has 3 aromatic rings. The number of carbonyl (C=O) groups excluding carboxylic acids is 1. The molecule has 0 unspecified atom stereocenters. The quantitative estimate of drug-likeness (QED) is 0.688. The highest BCUT2D eigenvalue weighted by molar-refractivity contribution is 6.30. The topological polar surface area (TPSA) is 64.1 Å². The first-order valence-electron chi connectivity index (χ1n) is 8.65. The molecule has 0 atom stereocenters. The van der Waals surface area contributed by atoms with Gasteiger partial charge in [0.15, 0.2) is 11.8 Å². The molecule has 0 aliphatic rings. The second-order valence-electron chi connectivity index (χ2n) is 6.26. The summed E-state index contributed by atoms with van der Waals surface area (Å²) in [5, 5.41) is 2.88. The van der Waals surface area contributed by atoms with Crippen molar-refractivity contribution in [2.45, 2.75) is 19.9 Å². The van der Waals surface area contributed by atoms with E-state index in [4.69, 9.17) is 16.3 Å². The van der Waals surface area contributed by atoms with Crippen molar-refractivity contribution < 1.29 is 9.53 Å². The maximum absolute atomic E-state index is 11.9. The average Bonchev–Trinajstić information content (AvgIpc) is 2.67. The van der Waals surface area contributed by atoms with Crippen LogP contribution in [0.3, 0.4) is 0 Å². The molecule has 3 rings (SSSR count). The van der Waals surface area contributed by atoms with E-state index in [1.54, 1.807) is 0 Å². The normalized spacial score (nSPS) is 10.7.